The van der Waals surface area contributed by atoms with Crippen molar-refractivity contribution in [1.29, 1.82) is 0 Å². The molecule has 2 aromatic rings. The molecule has 0 radical (unpaired) electrons. The number of hydrogen-bond donors (Lipinski definition) is 1. The molecule has 2 rings (SSSR count). The SMILES string of the molecule is CCNC(Cc1cccc(F)c1)c1cc(C)cc(Cl)c1. The van der Waals surface area contributed by atoms with Crippen molar-refractivity contribution < 1.29 is 4.39 Å². The normalized spacial score (nSPS) is 12.4. The minimum atomic E-state index is -0.194. The van der Waals surface area contributed by atoms with E-state index in [4.69, 9.17) is 11.6 Å². The topological polar surface area (TPSA) is 12.0 Å². The van der Waals surface area contributed by atoms with E-state index in [-0.39, 0.29) is 11.9 Å². The Kier molecular flexibility index (Phi) is 5.16. The summed E-state index contributed by atoms with van der Waals surface area (Å²) in [5, 5.41) is 4.18. The van der Waals surface area contributed by atoms with Gasteiger partial charge >= 0.3 is 0 Å². The second-order valence-corrected chi connectivity index (χ2v) is 5.44. The van der Waals surface area contributed by atoms with Gasteiger partial charge in [0.15, 0.2) is 0 Å². The molecule has 106 valence electrons. The van der Waals surface area contributed by atoms with E-state index < -0.39 is 0 Å². The van der Waals surface area contributed by atoms with Crippen molar-refractivity contribution in [2.24, 2.45) is 0 Å². The lowest BCUT2D eigenvalue weighted by atomic mass is 9.97. The summed E-state index contributed by atoms with van der Waals surface area (Å²) >= 11 is 6.13. The third-order valence-corrected chi connectivity index (χ3v) is 3.46. The fourth-order valence-electron chi connectivity index (χ4n) is 2.42. The van der Waals surface area contributed by atoms with Gasteiger partial charge in [-0.3, -0.25) is 0 Å². The summed E-state index contributed by atoms with van der Waals surface area (Å²) in [4.78, 5) is 0. The Hall–Kier alpha value is -1.38. The predicted molar refractivity (Wildman–Crippen MR) is 82.7 cm³/mol. The third-order valence-electron chi connectivity index (χ3n) is 3.25. The molecule has 1 nitrogen and oxygen atoms in total. The van der Waals surface area contributed by atoms with Gasteiger partial charge in [0.2, 0.25) is 0 Å². The summed E-state index contributed by atoms with van der Waals surface area (Å²) in [6, 6.07) is 12.9. The highest BCUT2D eigenvalue weighted by Gasteiger charge is 2.12. The van der Waals surface area contributed by atoms with Crippen molar-refractivity contribution in [2.45, 2.75) is 26.3 Å². The third kappa shape index (κ3) is 4.06. The van der Waals surface area contributed by atoms with Crippen molar-refractivity contribution >= 4 is 11.6 Å². The smallest absolute Gasteiger partial charge is 0.123 e. The van der Waals surface area contributed by atoms with E-state index in [1.54, 1.807) is 12.1 Å². The van der Waals surface area contributed by atoms with Gasteiger partial charge in [0.25, 0.3) is 0 Å². The van der Waals surface area contributed by atoms with Gasteiger partial charge < -0.3 is 5.32 Å². The van der Waals surface area contributed by atoms with Crippen LogP contribution < -0.4 is 5.32 Å². The van der Waals surface area contributed by atoms with E-state index in [0.717, 1.165) is 34.7 Å². The number of likely N-dealkylation sites (N-methyl/N-ethyl adjacent to an activating group) is 1. The van der Waals surface area contributed by atoms with Crippen LogP contribution in [0.5, 0.6) is 0 Å². The fourth-order valence-corrected chi connectivity index (χ4v) is 2.72. The fraction of sp³-hybridized carbons (Fsp3) is 0.294. The standard InChI is InChI=1S/C17H19ClFN/c1-3-20-17(10-13-5-4-6-16(19)9-13)14-7-12(2)8-15(18)11-14/h4-9,11,17,20H,3,10H2,1-2H3. The Bertz CT molecular complexity index is 563. The first-order valence-electron chi connectivity index (χ1n) is 6.83. The Morgan fingerprint density at radius 2 is 2.00 bits per heavy atom. The lowest BCUT2D eigenvalue weighted by molar-refractivity contribution is 0.546. The number of hydrogen-bond acceptors (Lipinski definition) is 1. The Balaban J connectivity index is 2.26. The van der Waals surface area contributed by atoms with Gasteiger partial charge in [-0.15, -0.1) is 0 Å². The molecule has 0 saturated carbocycles. The Morgan fingerprint density at radius 3 is 2.65 bits per heavy atom. The summed E-state index contributed by atoms with van der Waals surface area (Å²) in [6.07, 6.45) is 0.741. The summed E-state index contributed by atoms with van der Waals surface area (Å²) in [7, 11) is 0. The van der Waals surface area contributed by atoms with E-state index in [2.05, 4.69) is 18.3 Å². The minimum absolute atomic E-state index is 0.138. The van der Waals surface area contributed by atoms with Crippen LogP contribution in [0.1, 0.15) is 29.7 Å². The van der Waals surface area contributed by atoms with Crippen LogP contribution in [0.3, 0.4) is 0 Å². The van der Waals surface area contributed by atoms with Gasteiger partial charge in [-0.25, -0.2) is 4.39 Å². The zero-order valence-electron chi connectivity index (χ0n) is 11.8. The number of benzene rings is 2. The quantitative estimate of drug-likeness (QED) is 0.843. The molecular weight excluding hydrogens is 273 g/mol. The van der Waals surface area contributed by atoms with Crippen LogP contribution in [0, 0.1) is 12.7 Å². The monoisotopic (exact) mass is 291 g/mol. The maximum Gasteiger partial charge on any atom is 0.123 e. The van der Waals surface area contributed by atoms with Crippen LogP contribution in [0.4, 0.5) is 4.39 Å². The van der Waals surface area contributed by atoms with Crippen molar-refractivity contribution in [3.63, 3.8) is 0 Å². The molecule has 1 unspecified atom stereocenters. The van der Waals surface area contributed by atoms with E-state index in [1.807, 2.05) is 25.1 Å². The van der Waals surface area contributed by atoms with Crippen molar-refractivity contribution in [3.8, 4) is 0 Å². The van der Waals surface area contributed by atoms with Crippen LogP contribution in [0.15, 0.2) is 42.5 Å². The molecule has 0 heterocycles. The average Bonchev–Trinajstić information content (AvgIpc) is 2.37. The molecule has 20 heavy (non-hydrogen) atoms. The Morgan fingerprint density at radius 1 is 1.20 bits per heavy atom. The number of aryl methyl sites for hydroxylation is 1. The van der Waals surface area contributed by atoms with Gasteiger partial charge in [-0.1, -0.05) is 36.7 Å². The van der Waals surface area contributed by atoms with E-state index >= 15 is 0 Å². The molecule has 1 atom stereocenters. The molecule has 0 saturated heterocycles. The summed E-state index contributed by atoms with van der Waals surface area (Å²) in [6.45, 7) is 4.95. The number of rotatable bonds is 5. The lowest BCUT2D eigenvalue weighted by Crippen LogP contribution is -2.23. The summed E-state index contributed by atoms with van der Waals surface area (Å²) < 4.78 is 13.3. The van der Waals surface area contributed by atoms with Crippen molar-refractivity contribution in [1.82, 2.24) is 5.32 Å². The van der Waals surface area contributed by atoms with Crippen molar-refractivity contribution in [3.05, 3.63) is 70.0 Å². The number of halogens is 2. The highest BCUT2D eigenvalue weighted by molar-refractivity contribution is 6.30. The molecule has 0 aromatic heterocycles. The molecular formula is C17H19ClFN. The Labute approximate surface area is 124 Å². The maximum atomic E-state index is 13.3. The first-order valence-corrected chi connectivity index (χ1v) is 7.21. The second kappa shape index (κ2) is 6.87. The second-order valence-electron chi connectivity index (χ2n) is 5.01. The van der Waals surface area contributed by atoms with Crippen LogP contribution >= 0.6 is 11.6 Å². The molecule has 2 aromatic carbocycles. The first kappa shape index (κ1) is 15.0. The van der Waals surface area contributed by atoms with E-state index in [1.165, 1.54) is 6.07 Å². The molecule has 0 bridgehead atoms. The van der Waals surface area contributed by atoms with Crippen LogP contribution in [0.25, 0.3) is 0 Å². The van der Waals surface area contributed by atoms with Gasteiger partial charge in [0, 0.05) is 11.1 Å². The molecule has 0 amide bonds. The molecule has 0 aliphatic heterocycles. The maximum absolute atomic E-state index is 13.3. The van der Waals surface area contributed by atoms with E-state index in [9.17, 15) is 4.39 Å². The van der Waals surface area contributed by atoms with Gasteiger partial charge in [-0.05, 0) is 60.8 Å². The molecule has 0 fully saturated rings. The number of nitrogens with one attached hydrogen (secondary N) is 1. The van der Waals surface area contributed by atoms with Crippen LogP contribution in [-0.4, -0.2) is 6.54 Å². The van der Waals surface area contributed by atoms with Crippen molar-refractivity contribution in [2.75, 3.05) is 6.54 Å². The lowest BCUT2D eigenvalue weighted by Gasteiger charge is -2.19. The average molecular weight is 292 g/mol. The molecule has 0 spiro atoms. The molecule has 0 aliphatic rings. The van der Waals surface area contributed by atoms with Crippen LogP contribution in [-0.2, 0) is 6.42 Å². The molecule has 3 heteroatoms. The van der Waals surface area contributed by atoms with Gasteiger partial charge in [0.1, 0.15) is 5.82 Å². The summed E-state index contributed by atoms with van der Waals surface area (Å²) in [5.41, 5.74) is 3.25. The zero-order chi connectivity index (χ0) is 14.5. The van der Waals surface area contributed by atoms with E-state index in [0.29, 0.717) is 0 Å². The molecule has 1 N–H and O–H groups in total. The predicted octanol–water partition coefficient (Wildman–Crippen LogP) is 4.68. The highest BCUT2D eigenvalue weighted by atomic mass is 35.5. The van der Waals surface area contributed by atoms with Gasteiger partial charge in [-0.2, -0.15) is 0 Å². The highest BCUT2D eigenvalue weighted by Crippen LogP contribution is 2.23. The summed E-state index contributed by atoms with van der Waals surface area (Å²) in [5.74, 6) is -0.194. The first-order chi connectivity index (χ1) is 9.58. The van der Waals surface area contributed by atoms with Gasteiger partial charge in [0.05, 0.1) is 0 Å². The van der Waals surface area contributed by atoms with Crippen LogP contribution in [0.2, 0.25) is 5.02 Å². The zero-order valence-corrected chi connectivity index (χ0v) is 12.5. The minimum Gasteiger partial charge on any atom is -0.310 e. The largest absolute Gasteiger partial charge is 0.310 e. The molecule has 0 aliphatic carbocycles.